The van der Waals surface area contributed by atoms with Crippen LogP contribution < -0.4 is 10.2 Å². The molecule has 1 aromatic carbocycles. The highest BCUT2D eigenvalue weighted by Gasteiger charge is 2.27. The second-order valence-corrected chi connectivity index (χ2v) is 6.42. The Morgan fingerprint density at radius 1 is 1.35 bits per heavy atom. The van der Waals surface area contributed by atoms with Crippen LogP contribution in [0.25, 0.3) is 0 Å². The molecule has 110 valence electrons. The van der Waals surface area contributed by atoms with Gasteiger partial charge in [-0.1, -0.05) is 19.9 Å². The van der Waals surface area contributed by atoms with Gasteiger partial charge in [-0.15, -0.1) is 0 Å². The van der Waals surface area contributed by atoms with Crippen LogP contribution in [0.15, 0.2) is 18.2 Å². The molecule has 1 aliphatic rings. The normalized spacial score (nSPS) is 18.9. The Bertz CT molecular complexity index is 462. The van der Waals surface area contributed by atoms with E-state index in [1.165, 1.54) is 12.8 Å². The molecule has 1 aliphatic heterocycles. The predicted octanol–water partition coefficient (Wildman–Crippen LogP) is 0.997. The van der Waals surface area contributed by atoms with Crippen LogP contribution in [0.4, 0.5) is 0 Å². The lowest BCUT2D eigenvalue weighted by Gasteiger charge is -2.38. The van der Waals surface area contributed by atoms with Crippen LogP contribution in [0, 0.1) is 5.41 Å². The standard InChI is InChI=1S/C15H24BNO3/c1-15(2)7-4-8-17(11-15)10-12-9-13(20-3)5-6-14(12)16(18)19/h5-6,9,18-19H,4,7-8,10-11H2,1-3H3. The van der Waals surface area contributed by atoms with Gasteiger partial charge in [0.1, 0.15) is 5.75 Å². The molecular weight excluding hydrogens is 253 g/mol. The maximum Gasteiger partial charge on any atom is 0.488 e. The molecule has 1 aromatic rings. The summed E-state index contributed by atoms with van der Waals surface area (Å²) >= 11 is 0. The van der Waals surface area contributed by atoms with Crippen LogP contribution in [-0.4, -0.2) is 42.3 Å². The summed E-state index contributed by atoms with van der Waals surface area (Å²) in [7, 11) is 0.187. The zero-order valence-corrected chi connectivity index (χ0v) is 12.6. The maximum atomic E-state index is 9.50. The fourth-order valence-corrected chi connectivity index (χ4v) is 3.02. The Morgan fingerprint density at radius 3 is 2.70 bits per heavy atom. The summed E-state index contributed by atoms with van der Waals surface area (Å²) in [4.78, 5) is 2.38. The first kappa shape index (κ1) is 15.4. The van der Waals surface area contributed by atoms with Crippen LogP contribution in [0.3, 0.4) is 0 Å². The van der Waals surface area contributed by atoms with Gasteiger partial charge in [-0.05, 0) is 48.0 Å². The minimum absolute atomic E-state index is 0.328. The number of benzene rings is 1. The van der Waals surface area contributed by atoms with Gasteiger partial charge in [-0.25, -0.2) is 0 Å². The van der Waals surface area contributed by atoms with Crippen molar-refractivity contribution in [2.75, 3.05) is 20.2 Å². The smallest absolute Gasteiger partial charge is 0.488 e. The van der Waals surface area contributed by atoms with Crippen molar-refractivity contribution in [2.24, 2.45) is 5.41 Å². The number of ether oxygens (including phenoxy) is 1. The molecule has 2 rings (SSSR count). The molecule has 0 aromatic heterocycles. The van der Waals surface area contributed by atoms with E-state index in [0.29, 0.717) is 10.9 Å². The quantitative estimate of drug-likeness (QED) is 0.806. The predicted molar refractivity (Wildman–Crippen MR) is 81.1 cm³/mol. The first-order valence-corrected chi connectivity index (χ1v) is 7.16. The van der Waals surface area contributed by atoms with E-state index in [1.54, 1.807) is 19.2 Å². The van der Waals surface area contributed by atoms with Gasteiger partial charge in [0.05, 0.1) is 7.11 Å². The molecular formula is C15H24BNO3. The van der Waals surface area contributed by atoms with Crippen molar-refractivity contribution in [3.05, 3.63) is 23.8 Å². The van der Waals surface area contributed by atoms with Crippen molar-refractivity contribution in [1.82, 2.24) is 4.90 Å². The second-order valence-electron chi connectivity index (χ2n) is 6.42. The Kier molecular flexibility index (Phi) is 4.73. The molecule has 0 unspecified atom stereocenters. The molecule has 0 bridgehead atoms. The third-order valence-corrected chi connectivity index (χ3v) is 4.00. The van der Waals surface area contributed by atoms with Gasteiger partial charge in [0.25, 0.3) is 0 Å². The molecule has 20 heavy (non-hydrogen) atoms. The minimum Gasteiger partial charge on any atom is -0.497 e. The van der Waals surface area contributed by atoms with E-state index >= 15 is 0 Å². The van der Waals surface area contributed by atoms with Crippen LogP contribution in [-0.2, 0) is 6.54 Å². The number of methoxy groups -OCH3 is 1. The maximum absolute atomic E-state index is 9.50. The highest BCUT2D eigenvalue weighted by atomic mass is 16.5. The highest BCUT2D eigenvalue weighted by Crippen LogP contribution is 2.29. The van der Waals surface area contributed by atoms with Crippen LogP contribution in [0.5, 0.6) is 5.75 Å². The molecule has 1 heterocycles. The second kappa shape index (κ2) is 6.16. The molecule has 4 nitrogen and oxygen atoms in total. The first-order valence-electron chi connectivity index (χ1n) is 7.16. The van der Waals surface area contributed by atoms with E-state index in [4.69, 9.17) is 4.74 Å². The Balaban J connectivity index is 2.18. The molecule has 0 saturated carbocycles. The number of nitrogens with zero attached hydrogens (tertiary/aromatic N) is 1. The van der Waals surface area contributed by atoms with Crippen molar-refractivity contribution in [3.8, 4) is 5.75 Å². The van der Waals surface area contributed by atoms with Crippen molar-refractivity contribution >= 4 is 12.6 Å². The summed E-state index contributed by atoms with van der Waals surface area (Å²) in [5, 5.41) is 19.0. The van der Waals surface area contributed by atoms with E-state index < -0.39 is 7.12 Å². The van der Waals surface area contributed by atoms with Crippen molar-refractivity contribution < 1.29 is 14.8 Å². The molecule has 1 fully saturated rings. The van der Waals surface area contributed by atoms with Crippen molar-refractivity contribution in [1.29, 1.82) is 0 Å². The van der Waals surface area contributed by atoms with Gasteiger partial charge in [-0.2, -0.15) is 0 Å². The van der Waals surface area contributed by atoms with E-state index in [0.717, 1.165) is 30.9 Å². The number of rotatable bonds is 4. The summed E-state index contributed by atoms with van der Waals surface area (Å²) in [6.45, 7) is 7.39. The van der Waals surface area contributed by atoms with Gasteiger partial charge < -0.3 is 14.8 Å². The third kappa shape index (κ3) is 3.75. The largest absolute Gasteiger partial charge is 0.497 e. The Morgan fingerprint density at radius 2 is 2.10 bits per heavy atom. The molecule has 0 aliphatic carbocycles. The number of hydrogen-bond acceptors (Lipinski definition) is 4. The lowest BCUT2D eigenvalue weighted by Crippen LogP contribution is -2.42. The van der Waals surface area contributed by atoms with Crippen LogP contribution in [0.1, 0.15) is 32.3 Å². The van der Waals surface area contributed by atoms with Crippen LogP contribution >= 0.6 is 0 Å². The van der Waals surface area contributed by atoms with Gasteiger partial charge in [0.2, 0.25) is 0 Å². The first-order chi connectivity index (χ1) is 9.41. The monoisotopic (exact) mass is 277 g/mol. The lowest BCUT2D eigenvalue weighted by atomic mass is 9.76. The fraction of sp³-hybridized carbons (Fsp3) is 0.600. The van der Waals surface area contributed by atoms with E-state index in [1.807, 2.05) is 6.07 Å². The topological polar surface area (TPSA) is 52.9 Å². The summed E-state index contributed by atoms with van der Waals surface area (Å²) in [5.41, 5.74) is 1.82. The number of likely N-dealkylation sites (tertiary alicyclic amines) is 1. The minimum atomic E-state index is -1.44. The summed E-state index contributed by atoms with van der Waals surface area (Å²) < 4.78 is 5.24. The van der Waals surface area contributed by atoms with Gasteiger partial charge in [-0.3, -0.25) is 4.90 Å². The third-order valence-electron chi connectivity index (χ3n) is 4.00. The lowest BCUT2D eigenvalue weighted by molar-refractivity contribution is 0.112. The summed E-state index contributed by atoms with van der Waals surface area (Å²) in [6.07, 6.45) is 2.44. The van der Waals surface area contributed by atoms with Gasteiger partial charge in [0, 0.05) is 13.1 Å². The zero-order valence-electron chi connectivity index (χ0n) is 12.6. The average Bonchev–Trinajstić information content (AvgIpc) is 2.37. The number of piperidine rings is 1. The van der Waals surface area contributed by atoms with E-state index in [9.17, 15) is 10.0 Å². The molecule has 2 N–H and O–H groups in total. The summed E-state index contributed by atoms with van der Waals surface area (Å²) in [6, 6.07) is 5.39. The van der Waals surface area contributed by atoms with Crippen molar-refractivity contribution in [2.45, 2.75) is 33.2 Å². The number of hydrogen-bond donors (Lipinski definition) is 2. The van der Waals surface area contributed by atoms with E-state index in [-0.39, 0.29) is 0 Å². The molecule has 1 saturated heterocycles. The molecule has 0 amide bonds. The van der Waals surface area contributed by atoms with Gasteiger partial charge in [0.15, 0.2) is 0 Å². The van der Waals surface area contributed by atoms with Crippen LogP contribution in [0.2, 0.25) is 0 Å². The molecule has 0 radical (unpaired) electrons. The van der Waals surface area contributed by atoms with Gasteiger partial charge >= 0.3 is 7.12 Å². The highest BCUT2D eigenvalue weighted by molar-refractivity contribution is 6.59. The Hall–Kier alpha value is -1.04. The fourth-order valence-electron chi connectivity index (χ4n) is 3.02. The average molecular weight is 277 g/mol. The summed E-state index contributed by atoms with van der Waals surface area (Å²) in [5.74, 6) is 0.751. The molecule has 5 heteroatoms. The molecule has 0 spiro atoms. The van der Waals surface area contributed by atoms with Crippen molar-refractivity contribution in [3.63, 3.8) is 0 Å². The Labute approximate surface area is 121 Å². The zero-order chi connectivity index (χ0) is 14.8. The van der Waals surface area contributed by atoms with E-state index in [2.05, 4.69) is 18.7 Å². The SMILES string of the molecule is COc1ccc(B(O)O)c(CN2CCCC(C)(C)C2)c1. The molecule has 0 atom stereocenters.